The molecule has 4 nitrogen and oxygen atoms in total. The van der Waals surface area contributed by atoms with Crippen LogP contribution < -0.4 is 0 Å². The lowest BCUT2D eigenvalue weighted by atomic mass is 9.89. The van der Waals surface area contributed by atoms with E-state index in [0.717, 1.165) is 19.4 Å². The van der Waals surface area contributed by atoms with Crippen LogP contribution in [0.25, 0.3) is 0 Å². The fourth-order valence-corrected chi connectivity index (χ4v) is 4.47. The number of hydrogen-bond acceptors (Lipinski definition) is 3. The van der Waals surface area contributed by atoms with Crippen LogP contribution in [0.3, 0.4) is 0 Å². The van der Waals surface area contributed by atoms with Crippen molar-refractivity contribution in [2.45, 2.75) is 25.4 Å². The highest BCUT2D eigenvalue weighted by molar-refractivity contribution is 6.05. The summed E-state index contributed by atoms with van der Waals surface area (Å²) < 4.78 is 0. The molecule has 0 unspecified atom stereocenters. The minimum Gasteiger partial charge on any atom is -0.294 e. The SMILES string of the molecule is CN1C(=O)[C@@H]2[C@@H](CCc3ccccc3)N(Cc3ccccc3)C[C@H]2C1=O. The quantitative estimate of drug-likeness (QED) is 0.780. The number of carbonyl (C=O) groups is 2. The number of nitrogens with zero attached hydrogens (tertiary/aromatic N) is 2. The van der Waals surface area contributed by atoms with E-state index in [1.54, 1.807) is 7.05 Å². The van der Waals surface area contributed by atoms with Crippen molar-refractivity contribution in [3.63, 3.8) is 0 Å². The summed E-state index contributed by atoms with van der Waals surface area (Å²) in [6.07, 6.45) is 1.82. The molecular weight excluding hydrogens is 324 g/mol. The van der Waals surface area contributed by atoms with E-state index in [4.69, 9.17) is 0 Å². The third kappa shape index (κ3) is 3.06. The second-order valence-corrected chi connectivity index (χ2v) is 7.37. The van der Waals surface area contributed by atoms with Crippen molar-refractivity contribution in [2.75, 3.05) is 13.6 Å². The van der Waals surface area contributed by atoms with Crippen molar-refractivity contribution in [3.8, 4) is 0 Å². The van der Waals surface area contributed by atoms with E-state index >= 15 is 0 Å². The van der Waals surface area contributed by atoms with Crippen LogP contribution in [-0.2, 0) is 22.6 Å². The Balaban J connectivity index is 1.56. The Kier molecular flexibility index (Phi) is 4.60. The number of aryl methyl sites for hydroxylation is 1. The van der Waals surface area contributed by atoms with Gasteiger partial charge in [-0.1, -0.05) is 60.7 Å². The third-order valence-corrected chi connectivity index (χ3v) is 5.81. The average molecular weight is 348 g/mol. The van der Waals surface area contributed by atoms with Crippen LogP contribution in [-0.4, -0.2) is 41.2 Å². The number of benzene rings is 2. The van der Waals surface area contributed by atoms with Gasteiger partial charge >= 0.3 is 0 Å². The predicted octanol–water partition coefficient (Wildman–Crippen LogP) is 2.73. The van der Waals surface area contributed by atoms with Crippen molar-refractivity contribution >= 4 is 11.8 Å². The molecule has 2 fully saturated rings. The molecule has 2 heterocycles. The maximum atomic E-state index is 12.7. The van der Waals surface area contributed by atoms with E-state index in [0.29, 0.717) is 6.54 Å². The van der Waals surface area contributed by atoms with Gasteiger partial charge in [0.25, 0.3) is 0 Å². The summed E-state index contributed by atoms with van der Waals surface area (Å²) in [4.78, 5) is 28.9. The van der Waals surface area contributed by atoms with Gasteiger partial charge in [-0.15, -0.1) is 0 Å². The van der Waals surface area contributed by atoms with E-state index < -0.39 is 0 Å². The summed E-state index contributed by atoms with van der Waals surface area (Å²) in [5.41, 5.74) is 2.51. The van der Waals surface area contributed by atoms with Crippen LogP contribution in [0.5, 0.6) is 0 Å². The fraction of sp³-hybridized carbons (Fsp3) is 0.364. The van der Waals surface area contributed by atoms with Gasteiger partial charge in [-0.2, -0.15) is 0 Å². The van der Waals surface area contributed by atoms with Crippen molar-refractivity contribution in [1.29, 1.82) is 0 Å². The minimum absolute atomic E-state index is 0.00590. The van der Waals surface area contributed by atoms with Gasteiger partial charge in [0.2, 0.25) is 11.8 Å². The highest BCUT2D eigenvalue weighted by Gasteiger charge is 2.55. The molecule has 0 saturated carbocycles. The third-order valence-electron chi connectivity index (χ3n) is 5.81. The second kappa shape index (κ2) is 7.04. The smallest absolute Gasteiger partial charge is 0.234 e. The number of likely N-dealkylation sites (tertiary alicyclic amines) is 2. The molecule has 0 N–H and O–H groups in total. The summed E-state index contributed by atoms with van der Waals surface area (Å²) in [6, 6.07) is 20.8. The second-order valence-electron chi connectivity index (χ2n) is 7.37. The summed E-state index contributed by atoms with van der Waals surface area (Å²) in [5.74, 6) is -0.397. The number of carbonyl (C=O) groups excluding carboxylic acids is 2. The van der Waals surface area contributed by atoms with Crippen molar-refractivity contribution in [1.82, 2.24) is 9.80 Å². The number of imide groups is 1. The average Bonchev–Trinajstić information content (AvgIpc) is 3.13. The van der Waals surface area contributed by atoms with Crippen molar-refractivity contribution in [2.24, 2.45) is 11.8 Å². The van der Waals surface area contributed by atoms with Crippen LogP contribution >= 0.6 is 0 Å². The Hall–Kier alpha value is -2.46. The lowest BCUT2D eigenvalue weighted by Gasteiger charge is -2.28. The van der Waals surface area contributed by atoms with Gasteiger partial charge in [-0.3, -0.25) is 19.4 Å². The van der Waals surface area contributed by atoms with Crippen LogP contribution in [0, 0.1) is 11.8 Å². The van der Waals surface area contributed by atoms with Crippen LogP contribution in [0.15, 0.2) is 60.7 Å². The normalized spacial score (nSPS) is 25.7. The highest BCUT2D eigenvalue weighted by atomic mass is 16.2. The molecule has 2 saturated heterocycles. The van der Waals surface area contributed by atoms with Gasteiger partial charge in [0.05, 0.1) is 11.8 Å². The van der Waals surface area contributed by atoms with Crippen LogP contribution in [0.4, 0.5) is 0 Å². The first kappa shape index (κ1) is 17.0. The zero-order chi connectivity index (χ0) is 18.1. The molecule has 4 rings (SSSR count). The Morgan fingerprint density at radius 3 is 2.15 bits per heavy atom. The van der Waals surface area contributed by atoms with Gasteiger partial charge in [0, 0.05) is 26.2 Å². The maximum Gasteiger partial charge on any atom is 0.234 e. The Morgan fingerprint density at radius 1 is 0.885 bits per heavy atom. The molecule has 0 aromatic heterocycles. The number of amides is 2. The molecule has 26 heavy (non-hydrogen) atoms. The van der Waals surface area contributed by atoms with Gasteiger partial charge in [-0.05, 0) is 24.0 Å². The topological polar surface area (TPSA) is 40.6 Å². The molecule has 2 aromatic carbocycles. The molecule has 2 amide bonds. The van der Waals surface area contributed by atoms with Crippen LogP contribution in [0.2, 0.25) is 0 Å². The minimum atomic E-state index is -0.195. The number of fused-ring (bicyclic) bond motifs is 1. The molecule has 0 bridgehead atoms. The van der Waals surface area contributed by atoms with E-state index in [9.17, 15) is 9.59 Å². The zero-order valence-electron chi connectivity index (χ0n) is 15.0. The van der Waals surface area contributed by atoms with Crippen LogP contribution in [0.1, 0.15) is 17.5 Å². The molecule has 3 atom stereocenters. The molecule has 0 aliphatic carbocycles. The molecule has 0 radical (unpaired) electrons. The Bertz CT molecular complexity index is 790. The van der Waals surface area contributed by atoms with Crippen molar-refractivity contribution < 1.29 is 9.59 Å². The molecule has 2 aliphatic rings. The molecule has 0 spiro atoms. The van der Waals surface area contributed by atoms with E-state index in [2.05, 4.69) is 29.2 Å². The summed E-state index contributed by atoms with van der Waals surface area (Å²) >= 11 is 0. The first-order valence-corrected chi connectivity index (χ1v) is 9.28. The van der Waals surface area contributed by atoms with E-state index in [-0.39, 0.29) is 29.7 Å². The fourth-order valence-electron chi connectivity index (χ4n) is 4.47. The standard InChI is InChI=1S/C22H24N2O2/c1-23-21(25)18-15-24(14-17-10-6-3-7-11-17)19(20(18)22(23)26)13-12-16-8-4-2-5-9-16/h2-11,18-20H,12-15H2,1H3/t18-,19-,20+/m1/s1. The van der Waals surface area contributed by atoms with Gasteiger partial charge in [0.1, 0.15) is 0 Å². The Morgan fingerprint density at radius 2 is 1.50 bits per heavy atom. The van der Waals surface area contributed by atoms with E-state index in [1.807, 2.05) is 36.4 Å². The Labute approximate surface area is 154 Å². The number of rotatable bonds is 5. The predicted molar refractivity (Wildman–Crippen MR) is 100 cm³/mol. The van der Waals surface area contributed by atoms with Gasteiger partial charge < -0.3 is 0 Å². The van der Waals surface area contributed by atoms with Crippen molar-refractivity contribution in [3.05, 3.63) is 71.8 Å². The lowest BCUT2D eigenvalue weighted by molar-refractivity contribution is -0.139. The molecule has 4 heteroatoms. The maximum absolute atomic E-state index is 12.7. The molecular formula is C22H24N2O2. The molecule has 2 aliphatic heterocycles. The zero-order valence-corrected chi connectivity index (χ0v) is 15.0. The summed E-state index contributed by atoms with van der Waals surface area (Å²) in [6.45, 7) is 1.46. The first-order chi connectivity index (χ1) is 12.6. The molecule has 134 valence electrons. The largest absolute Gasteiger partial charge is 0.294 e. The lowest BCUT2D eigenvalue weighted by Crippen LogP contribution is -2.39. The van der Waals surface area contributed by atoms with Gasteiger partial charge in [0.15, 0.2) is 0 Å². The monoisotopic (exact) mass is 348 g/mol. The summed E-state index contributed by atoms with van der Waals surface area (Å²) in [7, 11) is 1.62. The first-order valence-electron chi connectivity index (χ1n) is 9.28. The highest BCUT2D eigenvalue weighted by Crippen LogP contribution is 2.40. The summed E-state index contributed by atoms with van der Waals surface area (Å²) in [5, 5.41) is 0. The molecule has 2 aromatic rings. The van der Waals surface area contributed by atoms with E-state index in [1.165, 1.54) is 16.0 Å². The number of hydrogen-bond donors (Lipinski definition) is 0. The van der Waals surface area contributed by atoms with Gasteiger partial charge in [-0.25, -0.2) is 0 Å².